The van der Waals surface area contributed by atoms with E-state index in [-0.39, 0.29) is 18.3 Å². The Morgan fingerprint density at radius 3 is 2.83 bits per heavy atom. The lowest BCUT2D eigenvalue weighted by atomic mass is 10.2. The number of unbranched alkanes of at least 4 members (excludes halogenated alkanes) is 1. The number of nitrogens with zero attached hydrogens (tertiary/aromatic N) is 1. The maximum atomic E-state index is 10.9. The van der Waals surface area contributed by atoms with Crippen LogP contribution in [0.5, 0.6) is 0 Å². The lowest BCUT2D eigenvalue weighted by molar-refractivity contribution is -0.120. The molecule has 5 nitrogen and oxygen atoms in total. The third-order valence-corrected chi connectivity index (χ3v) is 1.35. The van der Waals surface area contributed by atoms with Gasteiger partial charge >= 0.3 is 0 Å². The third kappa shape index (κ3) is 5.52. The highest BCUT2D eigenvalue weighted by atomic mass is 16.4. The van der Waals surface area contributed by atoms with Crippen molar-refractivity contribution in [1.82, 2.24) is 5.32 Å². The summed E-state index contributed by atoms with van der Waals surface area (Å²) in [6.07, 6.45) is 2.34. The van der Waals surface area contributed by atoms with Crippen molar-refractivity contribution in [3.8, 4) is 0 Å². The molecule has 0 heterocycles. The maximum absolute atomic E-state index is 10.9. The summed E-state index contributed by atoms with van der Waals surface area (Å²) in [4.78, 5) is 10.9. The van der Waals surface area contributed by atoms with Gasteiger partial charge in [0.2, 0.25) is 5.91 Å². The average Bonchev–Trinajstić information content (AvgIpc) is 2.10. The molecule has 5 heteroatoms. The topological polar surface area (TPSA) is 87.7 Å². The standard InChI is InChI=1S/C7H15N3O2/c1-2-3-4-7(11)9-5-6(8)10-12/h12H,2-5H2,1H3,(H2,8,10)(H,9,11). The zero-order valence-electron chi connectivity index (χ0n) is 7.21. The van der Waals surface area contributed by atoms with Crippen molar-refractivity contribution < 1.29 is 10.0 Å². The number of oxime groups is 1. The van der Waals surface area contributed by atoms with Gasteiger partial charge in [0.15, 0.2) is 5.84 Å². The van der Waals surface area contributed by atoms with Gasteiger partial charge in [-0.1, -0.05) is 18.5 Å². The Hall–Kier alpha value is -1.26. The van der Waals surface area contributed by atoms with Crippen molar-refractivity contribution in [2.45, 2.75) is 26.2 Å². The fraction of sp³-hybridized carbons (Fsp3) is 0.714. The summed E-state index contributed by atoms with van der Waals surface area (Å²) in [5.41, 5.74) is 5.14. The van der Waals surface area contributed by atoms with Crippen LogP contribution >= 0.6 is 0 Å². The molecule has 0 fully saturated rings. The third-order valence-electron chi connectivity index (χ3n) is 1.35. The zero-order valence-corrected chi connectivity index (χ0v) is 7.21. The summed E-state index contributed by atoms with van der Waals surface area (Å²) in [6.45, 7) is 2.12. The summed E-state index contributed by atoms with van der Waals surface area (Å²) >= 11 is 0. The van der Waals surface area contributed by atoms with Crippen LogP contribution in [-0.2, 0) is 4.79 Å². The van der Waals surface area contributed by atoms with Crippen molar-refractivity contribution in [2.75, 3.05) is 6.54 Å². The van der Waals surface area contributed by atoms with E-state index in [1.54, 1.807) is 0 Å². The summed E-state index contributed by atoms with van der Waals surface area (Å²) in [6, 6.07) is 0. The van der Waals surface area contributed by atoms with Crippen LogP contribution < -0.4 is 11.1 Å². The van der Waals surface area contributed by atoms with E-state index in [9.17, 15) is 4.79 Å². The van der Waals surface area contributed by atoms with E-state index in [1.165, 1.54) is 0 Å². The van der Waals surface area contributed by atoms with Crippen LogP contribution in [0.3, 0.4) is 0 Å². The lowest BCUT2D eigenvalue weighted by Crippen LogP contribution is -2.33. The molecule has 12 heavy (non-hydrogen) atoms. The Bertz CT molecular complexity index is 168. The fourth-order valence-corrected chi connectivity index (χ4v) is 0.650. The van der Waals surface area contributed by atoms with Crippen molar-refractivity contribution >= 4 is 11.7 Å². The zero-order chi connectivity index (χ0) is 9.40. The number of hydrogen-bond acceptors (Lipinski definition) is 3. The second-order valence-corrected chi connectivity index (χ2v) is 2.47. The van der Waals surface area contributed by atoms with Gasteiger partial charge in [-0.05, 0) is 6.42 Å². The molecule has 0 unspecified atom stereocenters. The van der Waals surface area contributed by atoms with E-state index in [1.807, 2.05) is 6.92 Å². The fourth-order valence-electron chi connectivity index (χ4n) is 0.650. The van der Waals surface area contributed by atoms with Gasteiger partial charge in [0, 0.05) is 6.42 Å². The highest BCUT2D eigenvalue weighted by Crippen LogP contribution is 1.92. The smallest absolute Gasteiger partial charge is 0.220 e. The molecule has 0 aliphatic heterocycles. The van der Waals surface area contributed by atoms with Gasteiger partial charge in [0.1, 0.15) is 0 Å². The van der Waals surface area contributed by atoms with Crippen molar-refractivity contribution in [3.63, 3.8) is 0 Å². The molecule has 0 radical (unpaired) electrons. The first-order valence-electron chi connectivity index (χ1n) is 3.93. The second-order valence-electron chi connectivity index (χ2n) is 2.47. The molecule has 1 amide bonds. The van der Waals surface area contributed by atoms with Crippen molar-refractivity contribution in [3.05, 3.63) is 0 Å². The molecule has 0 aliphatic rings. The Kier molecular flexibility index (Phi) is 5.77. The summed E-state index contributed by atoms with van der Waals surface area (Å²) in [5, 5.41) is 13.4. The van der Waals surface area contributed by atoms with Gasteiger partial charge in [-0.3, -0.25) is 4.79 Å². The largest absolute Gasteiger partial charge is 0.409 e. The van der Waals surface area contributed by atoms with Crippen LogP contribution in [0.2, 0.25) is 0 Å². The number of amidine groups is 1. The molecule has 70 valence electrons. The molecule has 0 aromatic carbocycles. The molecule has 0 saturated heterocycles. The van der Waals surface area contributed by atoms with Crippen molar-refractivity contribution in [2.24, 2.45) is 10.9 Å². The number of carbonyl (C=O) groups excluding carboxylic acids is 1. The van der Waals surface area contributed by atoms with Crippen LogP contribution in [0.25, 0.3) is 0 Å². The molecule has 0 saturated carbocycles. The quantitative estimate of drug-likeness (QED) is 0.237. The minimum absolute atomic E-state index is 0.0137. The van der Waals surface area contributed by atoms with Gasteiger partial charge in [-0.15, -0.1) is 0 Å². The number of hydrogen-bond donors (Lipinski definition) is 3. The molecular formula is C7H15N3O2. The predicted molar refractivity (Wildman–Crippen MR) is 45.9 cm³/mol. The van der Waals surface area contributed by atoms with Crippen LogP contribution in [-0.4, -0.2) is 23.5 Å². The first kappa shape index (κ1) is 10.7. The lowest BCUT2D eigenvalue weighted by Gasteiger charge is -2.01. The molecular weight excluding hydrogens is 158 g/mol. The van der Waals surface area contributed by atoms with Gasteiger partial charge in [0.25, 0.3) is 0 Å². The van der Waals surface area contributed by atoms with E-state index in [0.717, 1.165) is 12.8 Å². The summed E-state index contributed by atoms with van der Waals surface area (Å²) in [5.74, 6) is -0.0525. The van der Waals surface area contributed by atoms with E-state index in [0.29, 0.717) is 6.42 Å². The molecule has 0 bridgehead atoms. The van der Waals surface area contributed by atoms with Crippen LogP contribution in [0, 0.1) is 0 Å². The molecule has 0 rings (SSSR count). The van der Waals surface area contributed by atoms with Crippen molar-refractivity contribution in [1.29, 1.82) is 0 Å². The number of carbonyl (C=O) groups is 1. The van der Waals surface area contributed by atoms with Gasteiger partial charge in [-0.25, -0.2) is 0 Å². The first-order valence-corrected chi connectivity index (χ1v) is 3.93. The molecule has 0 atom stereocenters. The van der Waals surface area contributed by atoms with Gasteiger partial charge < -0.3 is 16.3 Å². The highest BCUT2D eigenvalue weighted by molar-refractivity contribution is 5.86. The minimum Gasteiger partial charge on any atom is -0.409 e. The van der Waals surface area contributed by atoms with Crippen LogP contribution in [0.4, 0.5) is 0 Å². The Labute approximate surface area is 71.6 Å². The Morgan fingerprint density at radius 1 is 1.67 bits per heavy atom. The van der Waals surface area contributed by atoms with E-state index >= 15 is 0 Å². The maximum Gasteiger partial charge on any atom is 0.220 e. The second kappa shape index (κ2) is 6.45. The number of nitrogens with two attached hydrogens (primary N) is 1. The summed E-state index contributed by atoms with van der Waals surface area (Å²) < 4.78 is 0. The monoisotopic (exact) mass is 173 g/mol. The number of amides is 1. The van der Waals surface area contributed by atoms with Gasteiger partial charge in [0.05, 0.1) is 6.54 Å². The van der Waals surface area contributed by atoms with E-state index < -0.39 is 0 Å². The molecule has 0 aliphatic carbocycles. The van der Waals surface area contributed by atoms with E-state index in [2.05, 4.69) is 10.5 Å². The Balaban J connectivity index is 3.44. The normalized spacial score (nSPS) is 11.2. The molecule has 0 aromatic rings. The molecule has 4 N–H and O–H groups in total. The Morgan fingerprint density at radius 2 is 2.33 bits per heavy atom. The molecule has 0 spiro atoms. The number of nitrogens with one attached hydrogen (secondary N) is 1. The first-order chi connectivity index (χ1) is 5.70. The molecule has 0 aromatic heterocycles. The van der Waals surface area contributed by atoms with Gasteiger partial charge in [-0.2, -0.15) is 0 Å². The van der Waals surface area contributed by atoms with E-state index in [4.69, 9.17) is 10.9 Å². The number of rotatable bonds is 5. The SMILES string of the molecule is CCCCC(=O)NC/C(N)=N/O. The predicted octanol–water partition coefficient (Wildman–Crippen LogP) is 0.0392. The average molecular weight is 173 g/mol. The van der Waals surface area contributed by atoms with Crippen LogP contribution in [0.15, 0.2) is 5.16 Å². The summed E-state index contributed by atoms with van der Waals surface area (Å²) in [7, 11) is 0. The van der Waals surface area contributed by atoms with Crippen LogP contribution in [0.1, 0.15) is 26.2 Å². The minimum atomic E-state index is -0.0662. The highest BCUT2D eigenvalue weighted by Gasteiger charge is 2.00.